The maximum Gasteiger partial charge on any atom is 0.243 e. The highest BCUT2D eigenvalue weighted by atomic mass is 35.5. The van der Waals surface area contributed by atoms with E-state index in [2.05, 4.69) is 5.32 Å². The van der Waals surface area contributed by atoms with Crippen LogP contribution >= 0.6 is 11.6 Å². The van der Waals surface area contributed by atoms with Crippen molar-refractivity contribution in [1.82, 2.24) is 10.2 Å². The predicted molar refractivity (Wildman–Crippen MR) is 132 cm³/mol. The van der Waals surface area contributed by atoms with E-state index in [0.717, 1.165) is 11.3 Å². The standard InChI is InChI=1S/C26H35ClN2O4/c1-6-23(25(31)28-26(2,3)4)29(18-19-10-7-8-11-22(19)27)24(30)12-9-17-33-21-15-13-20(32-5)14-16-21/h7-8,10-11,13-16,23H,6,9,12,17-18H2,1-5H3,(H,28,31). The molecular weight excluding hydrogens is 440 g/mol. The van der Waals surface area contributed by atoms with Crippen LogP contribution in [-0.2, 0) is 16.1 Å². The van der Waals surface area contributed by atoms with Crippen LogP contribution in [0.2, 0.25) is 5.02 Å². The van der Waals surface area contributed by atoms with Gasteiger partial charge in [0.05, 0.1) is 13.7 Å². The first-order valence-corrected chi connectivity index (χ1v) is 11.6. The Kier molecular flexibility index (Phi) is 10.0. The summed E-state index contributed by atoms with van der Waals surface area (Å²) in [5, 5.41) is 3.58. The van der Waals surface area contributed by atoms with Crippen molar-refractivity contribution >= 4 is 23.4 Å². The van der Waals surface area contributed by atoms with Crippen LogP contribution in [0, 0.1) is 0 Å². The van der Waals surface area contributed by atoms with Gasteiger partial charge < -0.3 is 19.7 Å². The lowest BCUT2D eigenvalue weighted by Crippen LogP contribution is -2.53. The van der Waals surface area contributed by atoms with E-state index in [1.165, 1.54) is 0 Å². The van der Waals surface area contributed by atoms with Gasteiger partial charge in [0.25, 0.3) is 0 Å². The van der Waals surface area contributed by atoms with Crippen LogP contribution in [-0.4, -0.2) is 42.0 Å². The average molecular weight is 475 g/mol. The fourth-order valence-electron chi connectivity index (χ4n) is 3.41. The van der Waals surface area contributed by atoms with Crippen molar-refractivity contribution in [2.45, 2.75) is 65.1 Å². The minimum Gasteiger partial charge on any atom is -0.497 e. The average Bonchev–Trinajstić information content (AvgIpc) is 2.77. The Morgan fingerprint density at radius 3 is 2.27 bits per heavy atom. The van der Waals surface area contributed by atoms with E-state index in [1.54, 1.807) is 18.1 Å². The number of hydrogen-bond acceptors (Lipinski definition) is 4. The van der Waals surface area contributed by atoms with Crippen molar-refractivity contribution in [2.75, 3.05) is 13.7 Å². The zero-order chi connectivity index (χ0) is 24.4. The third-order valence-corrected chi connectivity index (χ3v) is 5.41. The van der Waals surface area contributed by atoms with E-state index in [-0.39, 0.29) is 24.8 Å². The first kappa shape index (κ1) is 26.5. The number of methoxy groups -OCH3 is 1. The fraction of sp³-hybridized carbons (Fsp3) is 0.462. The summed E-state index contributed by atoms with van der Waals surface area (Å²) in [5.74, 6) is 1.20. The van der Waals surface area contributed by atoms with Gasteiger partial charge in [-0.3, -0.25) is 9.59 Å². The number of ether oxygens (including phenoxy) is 2. The van der Waals surface area contributed by atoms with E-state index in [9.17, 15) is 9.59 Å². The molecule has 1 unspecified atom stereocenters. The van der Waals surface area contributed by atoms with Crippen molar-refractivity contribution in [3.63, 3.8) is 0 Å². The number of rotatable bonds is 11. The van der Waals surface area contributed by atoms with Crippen molar-refractivity contribution in [3.05, 3.63) is 59.1 Å². The molecular formula is C26H35ClN2O4. The molecule has 180 valence electrons. The van der Waals surface area contributed by atoms with Crippen LogP contribution in [0.3, 0.4) is 0 Å². The van der Waals surface area contributed by atoms with Crippen LogP contribution in [0.4, 0.5) is 0 Å². The Bertz CT molecular complexity index is 909. The van der Waals surface area contributed by atoms with Crippen molar-refractivity contribution in [3.8, 4) is 11.5 Å². The highest BCUT2D eigenvalue weighted by molar-refractivity contribution is 6.31. The number of halogens is 1. The number of carbonyl (C=O) groups is 2. The molecule has 0 fully saturated rings. The van der Waals surface area contributed by atoms with Crippen molar-refractivity contribution in [1.29, 1.82) is 0 Å². The molecule has 0 aliphatic rings. The molecule has 0 aliphatic carbocycles. The molecule has 0 bridgehead atoms. The predicted octanol–water partition coefficient (Wildman–Crippen LogP) is 5.23. The zero-order valence-corrected chi connectivity index (χ0v) is 20.9. The lowest BCUT2D eigenvalue weighted by molar-refractivity contribution is -0.142. The molecule has 2 aromatic carbocycles. The first-order chi connectivity index (χ1) is 15.6. The van der Waals surface area contributed by atoms with E-state index < -0.39 is 11.6 Å². The number of carbonyl (C=O) groups excluding carboxylic acids is 2. The second kappa shape index (κ2) is 12.5. The largest absolute Gasteiger partial charge is 0.497 e. The highest BCUT2D eigenvalue weighted by Crippen LogP contribution is 2.21. The van der Waals surface area contributed by atoms with Gasteiger partial charge >= 0.3 is 0 Å². The molecule has 0 aromatic heterocycles. The topological polar surface area (TPSA) is 67.9 Å². The third-order valence-electron chi connectivity index (χ3n) is 5.05. The maximum absolute atomic E-state index is 13.3. The van der Waals surface area contributed by atoms with Crippen molar-refractivity contribution < 1.29 is 19.1 Å². The van der Waals surface area contributed by atoms with Gasteiger partial charge in [0.2, 0.25) is 11.8 Å². The van der Waals surface area contributed by atoms with E-state index in [1.807, 2.05) is 70.2 Å². The van der Waals surface area contributed by atoms with Gasteiger partial charge in [-0.1, -0.05) is 36.7 Å². The second-order valence-electron chi connectivity index (χ2n) is 8.90. The van der Waals surface area contributed by atoms with Crippen LogP contribution in [0.1, 0.15) is 52.5 Å². The number of nitrogens with zero attached hydrogens (tertiary/aromatic N) is 1. The second-order valence-corrected chi connectivity index (χ2v) is 9.31. The Balaban J connectivity index is 2.07. The minimum atomic E-state index is -0.587. The summed E-state index contributed by atoms with van der Waals surface area (Å²) in [5.41, 5.74) is 0.416. The Labute approximate surface area is 202 Å². The van der Waals surface area contributed by atoms with Gasteiger partial charge in [0.15, 0.2) is 0 Å². The van der Waals surface area contributed by atoms with E-state index >= 15 is 0 Å². The van der Waals surface area contributed by atoms with Gasteiger partial charge in [-0.2, -0.15) is 0 Å². The molecule has 0 saturated carbocycles. The van der Waals surface area contributed by atoms with Gasteiger partial charge in [0, 0.05) is 23.5 Å². The Morgan fingerprint density at radius 2 is 1.70 bits per heavy atom. The summed E-state index contributed by atoms with van der Waals surface area (Å²) >= 11 is 6.36. The highest BCUT2D eigenvalue weighted by Gasteiger charge is 2.30. The maximum atomic E-state index is 13.3. The smallest absolute Gasteiger partial charge is 0.243 e. The number of amides is 2. The summed E-state index contributed by atoms with van der Waals surface area (Å²) in [4.78, 5) is 27.9. The molecule has 1 atom stereocenters. The van der Waals surface area contributed by atoms with E-state index in [4.69, 9.17) is 21.1 Å². The van der Waals surface area contributed by atoms with Gasteiger partial charge in [-0.05, 0) is 69.5 Å². The lowest BCUT2D eigenvalue weighted by atomic mass is 10.0. The van der Waals surface area contributed by atoms with Crippen molar-refractivity contribution in [2.24, 2.45) is 0 Å². The lowest BCUT2D eigenvalue weighted by Gasteiger charge is -2.33. The Morgan fingerprint density at radius 1 is 1.06 bits per heavy atom. The zero-order valence-electron chi connectivity index (χ0n) is 20.2. The molecule has 0 saturated heterocycles. The number of hydrogen-bond donors (Lipinski definition) is 1. The first-order valence-electron chi connectivity index (χ1n) is 11.3. The minimum absolute atomic E-state index is 0.107. The normalized spacial score (nSPS) is 12.1. The third kappa shape index (κ3) is 8.61. The van der Waals surface area contributed by atoms with Crippen LogP contribution in [0.15, 0.2) is 48.5 Å². The molecule has 0 radical (unpaired) electrons. The molecule has 0 aliphatic heterocycles. The molecule has 2 aromatic rings. The van der Waals surface area contributed by atoms with Crippen LogP contribution < -0.4 is 14.8 Å². The summed E-state index contributed by atoms with van der Waals surface area (Å²) in [6, 6.07) is 14.1. The molecule has 6 nitrogen and oxygen atoms in total. The molecule has 33 heavy (non-hydrogen) atoms. The summed E-state index contributed by atoms with van der Waals surface area (Å²) in [6.45, 7) is 8.35. The van der Waals surface area contributed by atoms with Gasteiger partial charge in [-0.15, -0.1) is 0 Å². The molecule has 0 heterocycles. The SMILES string of the molecule is CCC(C(=O)NC(C)(C)C)N(Cc1ccccc1Cl)C(=O)CCCOc1ccc(OC)cc1. The summed E-state index contributed by atoms with van der Waals surface area (Å²) in [7, 11) is 1.61. The molecule has 2 amide bonds. The van der Waals surface area contributed by atoms with Gasteiger partial charge in [-0.25, -0.2) is 0 Å². The molecule has 7 heteroatoms. The number of nitrogens with one attached hydrogen (secondary N) is 1. The molecule has 0 spiro atoms. The number of benzene rings is 2. The molecule has 1 N–H and O–H groups in total. The van der Waals surface area contributed by atoms with Gasteiger partial charge in [0.1, 0.15) is 17.5 Å². The molecule has 2 rings (SSSR count). The summed E-state index contributed by atoms with van der Waals surface area (Å²) in [6.07, 6.45) is 1.29. The van der Waals surface area contributed by atoms with Crippen LogP contribution in [0.25, 0.3) is 0 Å². The summed E-state index contributed by atoms with van der Waals surface area (Å²) < 4.78 is 10.9. The Hall–Kier alpha value is -2.73. The van der Waals surface area contributed by atoms with E-state index in [0.29, 0.717) is 30.2 Å². The quantitative estimate of drug-likeness (QED) is 0.453. The monoisotopic (exact) mass is 474 g/mol. The fourth-order valence-corrected chi connectivity index (χ4v) is 3.61. The van der Waals surface area contributed by atoms with Crippen LogP contribution in [0.5, 0.6) is 11.5 Å².